The molecule has 1 amide bonds. The lowest BCUT2D eigenvalue weighted by molar-refractivity contribution is -0.192. The van der Waals surface area contributed by atoms with Crippen LogP contribution < -0.4 is 10.5 Å². The van der Waals surface area contributed by atoms with Gasteiger partial charge < -0.3 is 25.5 Å². The van der Waals surface area contributed by atoms with Crippen LogP contribution in [0.4, 0.5) is 13.2 Å². The first kappa shape index (κ1) is 27.3. The number of carbonyl (C=O) groups excluding carboxylic acids is 1. The Hall–Kier alpha value is -4.27. The summed E-state index contributed by atoms with van der Waals surface area (Å²) in [5.74, 6) is -0.893. The largest absolute Gasteiger partial charge is 0.490 e. The highest BCUT2D eigenvalue weighted by atomic mass is 32.2. The number of hydrogen-bond acceptors (Lipinski definition) is 8. The maximum atomic E-state index is 12.7. The van der Waals surface area contributed by atoms with Crippen molar-refractivity contribution in [2.45, 2.75) is 24.7 Å². The van der Waals surface area contributed by atoms with Crippen molar-refractivity contribution in [3.8, 4) is 23.8 Å². The van der Waals surface area contributed by atoms with Crippen LogP contribution in [0.3, 0.4) is 0 Å². The van der Waals surface area contributed by atoms with Gasteiger partial charge in [-0.15, -0.1) is 11.8 Å². The van der Waals surface area contributed by atoms with Gasteiger partial charge in [-0.2, -0.15) is 23.7 Å². The Morgan fingerprint density at radius 3 is 2.65 bits per heavy atom. The zero-order valence-corrected chi connectivity index (χ0v) is 19.7. The molecule has 1 aromatic carbocycles. The van der Waals surface area contributed by atoms with Gasteiger partial charge in [0.15, 0.2) is 0 Å². The van der Waals surface area contributed by atoms with Gasteiger partial charge in [0.05, 0.1) is 23.6 Å². The number of alkyl halides is 3. The van der Waals surface area contributed by atoms with Crippen LogP contribution in [0, 0.1) is 22.7 Å². The van der Waals surface area contributed by atoms with Crippen molar-refractivity contribution in [2.75, 3.05) is 11.6 Å². The van der Waals surface area contributed by atoms with E-state index in [1.165, 1.54) is 6.20 Å². The number of nitrogens with zero attached hydrogens (tertiary/aromatic N) is 4. The number of aliphatic carboxylic acids is 1. The highest BCUT2D eigenvalue weighted by Crippen LogP contribution is 2.28. The van der Waals surface area contributed by atoms with Gasteiger partial charge in [-0.05, 0) is 36.2 Å². The number of carboxylic acids is 1. The van der Waals surface area contributed by atoms with E-state index >= 15 is 0 Å². The smallest absolute Gasteiger partial charge is 0.475 e. The molecule has 192 valence electrons. The Balaban J connectivity index is 0.000000479. The first-order chi connectivity index (χ1) is 17.5. The second-order valence-corrected chi connectivity index (χ2v) is 8.69. The number of hydrogen-bond donors (Lipinski definition) is 3. The van der Waals surface area contributed by atoms with E-state index in [-0.39, 0.29) is 5.91 Å². The first-order valence-corrected chi connectivity index (χ1v) is 11.7. The van der Waals surface area contributed by atoms with Crippen LogP contribution >= 0.6 is 11.8 Å². The summed E-state index contributed by atoms with van der Waals surface area (Å²) >= 11 is 1.56. The van der Waals surface area contributed by atoms with Crippen molar-refractivity contribution in [3.63, 3.8) is 0 Å². The summed E-state index contributed by atoms with van der Waals surface area (Å²) in [6.07, 6.45) is -1.45. The van der Waals surface area contributed by atoms with Gasteiger partial charge in [-0.1, -0.05) is 0 Å². The number of H-pyrrole nitrogens is 1. The number of benzene rings is 1. The molecule has 10 nitrogen and oxygen atoms in total. The first-order valence-electron chi connectivity index (χ1n) is 10.5. The Kier molecular flexibility index (Phi) is 8.60. The second kappa shape index (κ2) is 11.6. The molecule has 4 N–H and O–H groups in total. The minimum atomic E-state index is -5.08. The van der Waals surface area contributed by atoms with E-state index < -0.39 is 24.2 Å². The van der Waals surface area contributed by atoms with Gasteiger partial charge in [-0.3, -0.25) is 4.79 Å². The maximum absolute atomic E-state index is 12.7. The van der Waals surface area contributed by atoms with Crippen LogP contribution in [-0.2, 0) is 16.0 Å². The van der Waals surface area contributed by atoms with Crippen molar-refractivity contribution in [2.24, 2.45) is 5.73 Å². The monoisotopic (exact) mass is 532 g/mol. The van der Waals surface area contributed by atoms with E-state index in [2.05, 4.69) is 16.0 Å². The number of carboxylic acid groups (broad SMARTS) is 1. The standard InChI is InChI=1S/C21H18N6O2S.C2HF3O2/c22-7-13-1-4-20(26-9-13)29-16-2-3-19-17(6-16)14(10-25-19)5-18(24)21(28)27-12-30-11-15(27)8-23;3-2(4,5)1(6)7/h1-4,6,9-10,15,18,25H,5,11-12,24H2;(H,6,7)/t15-,18-;/m0./s1. The molecule has 0 saturated carbocycles. The van der Waals surface area contributed by atoms with Gasteiger partial charge in [0.1, 0.15) is 17.9 Å². The van der Waals surface area contributed by atoms with Crippen molar-refractivity contribution < 1.29 is 32.6 Å². The molecule has 0 radical (unpaired) electrons. The molecule has 2 atom stereocenters. The quantitative estimate of drug-likeness (QED) is 0.447. The molecule has 4 rings (SSSR count). The molecule has 1 aliphatic heterocycles. The van der Waals surface area contributed by atoms with Crippen molar-refractivity contribution in [1.29, 1.82) is 10.5 Å². The molecule has 3 aromatic rings. The number of nitrogens with one attached hydrogen (secondary N) is 1. The van der Waals surface area contributed by atoms with E-state index in [1.807, 2.05) is 30.5 Å². The number of ether oxygens (including phenoxy) is 1. The van der Waals surface area contributed by atoms with Crippen molar-refractivity contribution >= 4 is 34.5 Å². The lowest BCUT2D eigenvalue weighted by Crippen LogP contribution is -2.47. The number of thioether (sulfide) groups is 1. The van der Waals surface area contributed by atoms with E-state index in [1.54, 1.807) is 28.8 Å². The molecular formula is C23H19F3N6O4S. The van der Waals surface area contributed by atoms with Crippen LogP contribution in [0.1, 0.15) is 11.1 Å². The van der Waals surface area contributed by atoms with Crippen LogP contribution in [-0.4, -0.2) is 61.7 Å². The number of fused-ring (bicyclic) bond motifs is 1. The average molecular weight is 533 g/mol. The number of halogens is 3. The highest BCUT2D eigenvalue weighted by molar-refractivity contribution is 7.99. The van der Waals surface area contributed by atoms with Crippen LogP contribution in [0.2, 0.25) is 0 Å². The Bertz CT molecular complexity index is 1360. The summed E-state index contributed by atoms with van der Waals surface area (Å²) in [6.45, 7) is 0. The lowest BCUT2D eigenvalue weighted by Gasteiger charge is -2.22. The predicted molar refractivity (Wildman–Crippen MR) is 126 cm³/mol. The van der Waals surface area contributed by atoms with Crippen LogP contribution in [0.25, 0.3) is 10.9 Å². The zero-order chi connectivity index (χ0) is 27.2. The summed E-state index contributed by atoms with van der Waals surface area (Å²) in [7, 11) is 0. The molecule has 3 heterocycles. The third-order valence-electron chi connectivity index (χ3n) is 5.14. The molecule has 0 bridgehead atoms. The summed E-state index contributed by atoms with van der Waals surface area (Å²) in [4.78, 5) is 30.5. The molecule has 1 aliphatic rings. The maximum Gasteiger partial charge on any atom is 0.490 e. The molecule has 1 fully saturated rings. The van der Waals surface area contributed by atoms with Crippen molar-refractivity contribution in [1.82, 2.24) is 14.9 Å². The van der Waals surface area contributed by atoms with Gasteiger partial charge in [0.2, 0.25) is 11.8 Å². The highest BCUT2D eigenvalue weighted by Gasteiger charge is 2.38. The Morgan fingerprint density at radius 1 is 1.32 bits per heavy atom. The molecule has 0 spiro atoms. The minimum Gasteiger partial charge on any atom is -0.475 e. The number of pyridine rings is 1. The minimum absolute atomic E-state index is 0.213. The van der Waals surface area contributed by atoms with E-state index in [9.17, 15) is 23.2 Å². The summed E-state index contributed by atoms with van der Waals surface area (Å²) in [5, 5.41) is 26.1. The summed E-state index contributed by atoms with van der Waals surface area (Å²) in [5.41, 5.74) is 8.44. The number of rotatable bonds is 5. The summed E-state index contributed by atoms with van der Waals surface area (Å²) in [6, 6.07) is 11.9. The number of carbonyl (C=O) groups is 2. The molecule has 14 heteroatoms. The second-order valence-electron chi connectivity index (χ2n) is 7.69. The molecule has 1 saturated heterocycles. The average Bonchev–Trinajstić information content (AvgIpc) is 3.51. The lowest BCUT2D eigenvalue weighted by atomic mass is 10.0. The number of aromatic amines is 1. The predicted octanol–water partition coefficient (Wildman–Crippen LogP) is 3.16. The SMILES string of the molecule is N#Cc1ccc(Oc2ccc3[nH]cc(C[C@H](N)C(=O)N4CSC[C@@H]4C#N)c3c2)nc1.O=C(O)C(F)(F)F. The van der Waals surface area contributed by atoms with E-state index in [4.69, 9.17) is 25.6 Å². The third-order valence-corrected chi connectivity index (χ3v) is 6.15. The van der Waals surface area contributed by atoms with Gasteiger partial charge in [0.25, 0.3) is 0 Å². The van der Waals surface area contributed by atoms with E-state index in [0.717, 1.165) is 16.5 Å². The third kappa shape index (κ3) is 6.91. The fourth-order valence-corrected chi connectivity index (χ4v) is 4.41. The Labute approximate surface area is 212 Å². The fraction of sp³-hybridized carbons (Fsp3) is 0.261. The normalized spacial score (nSPS) is 15.7. The van der Waals surface area contributed by atoms with Gasteiger partial charge >= 0.3 is 12.1 Å². The van der Waals surface area contributed by atoms with Gasteiger partial charge in [-0.25, -0.2) is 9.78 Å². The number of amides is 1. The molecule has 0 aliphatic carbocycles. The molecule has 2 aromatic heterocycles. The molecule has 0 unspecified atom stereocenters. The molecular weight excluding hydrogens is 513 g/mol. The summed E-state index contributed by atoms with van der Waals surface area (Å²) < 4.78 is 37.5. The number of nitrogens with two attached hydrogens (primary N) is 1. The topological polar surface area (TPSA) is 169 Å². The Morgan fingerprint density at radius 2 is 2.05 bits per heavy atom. The van der Waals surface area contributed by atoms with Gasteiger partial charge in [0, 0.05) is 35.1 Å². The number of nitriles is 2. The van der Waals surface area contributed by atoms with Crippen molar-refractivity contribution in [3.05, 3.63) is 53.9 Å². The zero-order valence-electron chi connectivity index (χ0n) is 18.9. The fourth-order valence-electron chi connectivity index (χ4n) is 3.32. The molecule has 37 heavy (non-hydrogen) atoms. The number of aromatic nitrogens is 2. The van der Waals surface area contributed by atoms with E-state index in [0.29, 0.717) is 35.2 Å². The van der Waals surface area contributed by atoms with Crippen LogP contribution in [0.15, 0.2) is 42.7 Å². The van der Waals surface area contributed by atoms with Crippen LogP contribution in [0.5, 0.6) is 11.6 Å².